The molecule has 1 aliphatic carbocycles. The molecule has 1 aliphatic rings. The first-order valence-corrected chi connectivity index (χ1v) is 12.4. The molecule has 10 heteroatoms. The van der Waals surface area contributed by atoms with Crippen LogP contribution in [0.5, 0.6) is 5.75 Å². The average molecular weight is 522 g/mol. The maximum absolute atomic E-state index is 15.0. The number of nitrogens with one attached hydrogen (secondary N) is 1. The molecule has 0 unspecified atom stereocenters. The molecule has 1 aromatic heterocycles. The van der Waals surface area contributed by atoms with Crippen molar-refractivity contribution in [1.29, 1.82) is 0 Å². The number of hydrogen-bond acceptors (Lipinski definition) is 5. The molecule has 0 bridgehead atoms. The lowest BCUT2D eigenvalue weighted by Gasteiger charge is -2.33. The molecule has 1 saturated carbocycles. The van der Waals surface area contributed by atoms with E-state index in [1.807, 2.05) is 0 Å². The molecule has 6 nitrogen and oxygen atoms in total. The Bertz CT molecular complexity index is 1180. The molecule has 2 amide bonds. The van der Waals surface area contributed by atoms with Crippen LogP contribution in [0.4, 0.5) is 10.1 Å². The van der Waals surface area contributed by atoms with Gasteiger partial charge in [-0.2, -0.15) is 4.37 Å². The first-order valence-electron chi connectivity index (χ1n) is 10.8. The molecule has 0 aliphatic heterocycles. The van der Waals surface area contributed by atoms with Crippen molar-refractivity contribution >= 4 is 52.2 Å². The molecule has 178 valence electrons. The van der Waals surface area contributed by atoms with Gasteiger partial charge in [-0.15, -0.1) is 0 Å². The number of phenols is 1. The average Bonchev–Trinajstić information content (AvgIpc) is 3.17. The summed E-state index contributed by atoms with van der Waals surface area (Å²) in [6.45, 7) is 0. The van der Waals surface area contributed by atoms with Crippen molar-refractivity contribution in [2.45, 2.75) is 44.2 Å². The van der Waals surface area contributed by atoms with Gasteiger partial charge in [-0.25, -0.2) is 4.39 Å². The molecule has 34 heavy (non-hydrogen) atoms. The summed E-state index contributed by atoms with van der Waals surface area (Å²) >= 11 is 13.1. The van der Waals surface area contributed by atoms with Crippen LogP contribution in [0.25, 0.3) is 0 Å². The predicted molar refractivity (Wildman–Crippen MR) is 131 cm³/mol. The van der Waals surface area contributed by atoms with Gasteiger partial charge in [0.2, 0.25) is 5.91 Å². The van der Waals surface area contributed by atoms with Crippen LogP contribution in [0.3, 0.4) is 0 Å². The second-order valence-electron chi connectivity index (χ2n) is 8.08. The minimum atomic E-state index is -1.25. The van der Waals surface area contributed by atoms with Gasteiger partial charge in [0.05, 0.1) is 5.69 Å². The lowest BCUT2D eigenvalue weighted by molar-refractivity contribution is -0.123. The Hall–Kier alpha value is -2.68. The van der Waals surface area contributed by atoms with Gasteiger partial charge in [0.25, 0.3) is 5.91 Å². The molecule has 1 fully saturated rings. The summed E-state index contributed by atoms with van der Waals surface area (Å²) < 4.78 is 19.2. The third-order valence-corrected chi connectivity index (χ3v) is 7.41. The Morgan fingerprint density at radius 2 is 1.76 bits per heavy atom. The largest absolute Gasteiger partial charge is 0.508 e. The van der Waals surface area contributed by atoms with Crippen molar-refractivity contribution in [3.8, 4) is 5.75 Å². The Kier molecular flexibility index (Phi) is 7.70. The van der Waals surface area contributed by atoms with Crippen molar-refractivity contribution in [2.75, 3.05) is 4.90 Å². The second-order valence-corrected chi connectivity index (χ2v) is 9.84. The SMILES string of the molecule is O=C(NC1CCCCC1)[C@@H](c1ccc(O)cc1)N(C(=O)c1nsc(Cl)c1Cl)c1ccccc1F. The topological polar surface area (TPSA) is 82.5 Å². The predicted octanol–water partition coefficient (Wildman–Crippen LogP) is 6.13. The number of aromatic nitrogens is 1. The molecule has 2 aromatic carbocycles. The molecule has 0 radical (unpaired) electrons. The molecule has 1 heterocycles. The fourth-order valence-corrected chi connectivity index (χ4v) is 5.11. The van der Waals surface area contributed by atoms with Gasteiger partial charge in [0.1, 0.15) is 27.0 Å². The van der Waals surface area contributed by atoms with Crippen LogP contribution in [-0.2, 0) is 4.79 Å². The van der Waals surface area contributed by atoms with Crippen molar-refractivity contribution in [1.82, 2.24) is 9.69 Å². The number of aromatic hydroxyl groups is 1. The molecular formula is C24H22Cl2FN3O3S. The minimum absolute atomic E-state index is 0.00622. The van der Waals surface area contributed by atoms with Crippen LogP contribution in [0.15, 0.2) is 48.5 Å². The Balaban J connectivity index is 1.83. The number of carbonyl (C=O) groups is 2. The summed E-state index contributed by atoms with van der Waals surface area (Å²) in [5, 5.41) is 12.8. The molecular weight excluding hydrogens is 500 g/mol. The van der Waals surface area contributed by atoms with Gasteiger partial charge < -0.3 is 10.4 Å². The Morgan fingerprint density at radius 1 is 1.09 bits per heavy atom. The zero-order chi connectivity index (χ0) is 24.2. The molecule has 2 N–H and O–H groups in total. The fourth-order valence-electron chi connectivity index (χ4n) is 4.12. The third-order valence-electron chi connectivity index (χ3n) is 5.80. The standard InChI is InChI=1S/C24H22Cl2FN3O3S/c25-19-20(29-34-22(19)26)24(33)30(18-9-5-4-8-17(18)27)21(14-10-12-16(31)13-11-14)23(32)28-15-6-2-1-3-7-15/h4-5,8-13,15,21,31H,1-3,6-7H2,(H,28,32)/t21-/m1/s1. The fraction of sp³-hybridized carbons (Fsp3) is 0.292. The maximum atomic E-state index is 15.0. The monoisotopic (exact) mass is 521 g/mol. The first-order chi connectivity index (χ1) is 16.4. The van der Waals surface area contributed by atoms with Gasteiger partial charge >= 0.3 is 0 Å². The van der Waals surface area contributed by atoms with E-state index in [4.69, 9.17) is 23.2 Å². The number of hydrogen-bond donors (Lipinski definition) is 2. The van der Waals surface area contributed by atoms with Crippen LogP contribution in [0.2, 0.25) is 9.36 Å². The van der Waals surface area contributed by atoms with E-state index in [0.29, 0.717) is 5.56 Å². The highest BCUT2D eigenvalue weighted by Gasteiger charge is 2.37. The van der Waals surface area contributed by atoms with Crippen LogP contribution in [0.1, 0.15) is 54.2 Å². The summed E-state index contributed by atoms with van der Waals surface area (Å²) in [5.41, 5.74) is 0.110. The lowest BCUT2D eigenvalue weighted by Crippen LogP contribution is -2.47. The number of nitrogens with zero attached hydrogens (tertiary/aromatic N) is 2. The Morgan fingerprint density at radius 3 is 2.38 bits per heavy atom. The molecule has 3 aromatic rings. The number of para-hydroxylation sites is 1. The van der Waals surface area contributed by atoms with Crippen molar-refractivity contribution < 1.29 is 19.1 Å². The van der Waals surface area contributed by atoms with E-state index in [1.165, 1.54) is 42.5 Å². The number of halogens is 3. The van der Waals surface area contributed by atoms with E-state index in [9.17, 15) is 14.7 Å². The zero-order valence-electron chi connectivity index (χ0n) is 18.0. The number of benzene rings is 2. The summed E-state index contributed by atoms with van der Waals surface area (Å²) in [6, 6.07) is 10.3. The van der Waals surface area contributed by atoms with E-state index in [1.54, 1.807) is 6.07 Å². The van der Waals surface area contributed by atoms with E-state index in [-0.39, 0.29) is 32.5 Å². The number of phenolic OH excluding ortho intramolecular Hbond substituents is 1. The van der Waals surface area contributed by atoms with Crippen molar-refractivity contribution in [3.05, 3.63) is 75.0 Å². The second kappa shape index (κ2) is 10.7. The van der Waals surface area contributed by atoms with Gasteiger partial charge in [-0.3, -0.25) is 14.5 Å². The summed E-state index contributed by atoms with van der Waals surface area (Å²) in [6.07, 6.45) is 4.76. The van der Waals surface area contributed by atoms with E-state index >= 15 is 4.39 Å². The van der Waals surface area contributed by atoms with E-state index in [0.717, 1.165) is 48.5 Å². The number of carbonyl (C=O) groups excluding carboxylic acids is 2. The molecule has 1 atom stereocenters. The minimum Gasteiger partial charge on any atom is -0.508 e. The number of rotatable bonds is 6. The summed E-state index contributed by atoms with van der Waals surface area (Å²) in [7, 11) is 0. The maximum Gasteiger partial charge on any atom is 0.280 e. The Labute approximate surface area is 210 Å². The van der Waals surface area contributed by atoms with Gasteiger partial charge in [-0.05, 0) is 54.2 Å². The van der Waals surface area contributed by atoms with Crippen LogP contribution in [0, 0.1) is 5.82 Å². The highest BCUT2D eigenvalue weighted by Crippen LogP contribution is 2.36. The van der Waals surface area contributed by atoms with Crippen LogP contribution >= 0.6 is 34.7 Å². The molecule has 0 saturated heterocycles. The lowest BCUT2D eigenvalue weighted by atomic mass is 9.94. The van der Waals surface area contributed by atoms with Crippen LogP contribution < -0.4 is 10.2 Å². The van der Waals surface area contributed by atoms with Crippen molar-refractivity contribution in [3.63, 3.8) is 0 Å². The van der Waals surface area contributed by atoms with E-state index < -0.39 is 23.7 Å². The third kappa shape index (κ3) is 5.19. The van der Waals surface area contributed by atoms with Gasteiger partial charge in [0.15, 0.2) is 5.69 Å². The number of amides is 2. The zero-order valence-corrected chi connectivity index (χ0v) is 20.3. The summed E-state index contributed by atoms with van der Waals surface area (Å²) in [5.74, 6) is -1.93. The highest BCUT2D eigenvalue weighted by molar-refractivity contribution is 7.11. The normalized spacial score (nSPS) is 15.0. The quantitative estimate of drug-likeness (QED) is 0.408. The van der Waals surface area contributed by atoms with E-state index in [2.05, 4.69) is 9.69 Å². The first kappa shape index (κ1) is 24.4. The van der Waals surface area contributed by atoms with Crippen molar-refractivity contribution in [2.24, 2.45) is 0 Å². The highest BCUT2D eigenvalue weighted by atomic mass is 35.5. The smallest absolute Gasteiger partial charge is 0.280 e. The number of anilines is 1. The van der Waals surface area contributed by atoms with Gasteiger partial charge in [-0.1, -0.05) is 66.7 Å². The molecule has 0 spiro atoms. The van der Waals surface area contributed by atoms with Crippen LogP contribution in [-0.4, -0.2) is 27.3 Å². The molecule has 4 rings (SSSR count). The summed E-state index contributed by atoms with van der Waals surface area (Å²) in [4.78, 5) is 28.5. The van der Waals surface area contributed by atoms with Gasteiger partial charge in [0, 0.05) is 6.04 Å².